The van der Waals surface area contributed by atoms with E-state index in [-0.39, 0.29) is 5.92 Å². The average Bonchev–Trinajstić information content (AvgIpc) is 2.80. The monoisotopic (exact) mass is 411 g/mol. The van der Waals surface area contributed by atoms with Crippen LogP contribution in [0.5, 0.6) is 0 Å². The van der Waals surface area contributed by atoms with Crippen molar-refractivity contribution in [1.82, 2.24) is 19.9 Å². The highest BCUT2D eigenvalue weighted by Gasteiger charge is 2.30. The maximum Gasteiger partial charge on any atom is 0.225 e. The van der Waals surface area contributed by atoms with Crippen LogP contribution in [-0.4, -0.2) is 56.4 Å². The molecule has 0 radical (unpaired) electrons. The lowest BCUT2D eigenvalue weighted by atomic mass is 9.85. The number of anilines is 1. The number of carbonyl (C=O) groups is 1. The van der Waals surface area contributed by atoms with Crippen LogP contribution >= 0.6 is 11.8 Å². The zero-order valence-electron chi connectivity index (χ0n) is 17.0. The number of rotatable bonds is 5. The number of hydrogen-bond donors (Lipinski definition) is 1. The van der Waals surface area contributed by atoms with Crippen LogP contribution in [0.4, 0.5) is 5.82 Å². The molecule has 1 saturated heterocycles. The molecule has 4 rings (SSSR count). The molecule has 1 saturated carbocycles. The summed E-state index contributed by atoms with van der Waals surface area (Å²) in [4.78, 5) is 28.6. The predicted molar refractivity (Wildman–Crippen MR) is 118 cm³/mol. The van der Waals surface area contributed by atoms with Gasteiger partial charge in [-0.1, -0.05) is 13.0 Å². The summed E-state index contributed by atoms with van der Waals surface area (Å²) in [6.45, 7) is 3.93. The van der Waals surface area contributed by atoms with E-state index in [4.69, 9.17) is 4.98 Å². The van der Waals surface area contributed by atoms with Gasteiger partial charge in [-0.3, -0.25) is 9.78 Å². The fourth-order valence-electron chi connectivity index (χ4n) is 4.10. The van der Waals surface area contributed by atoms with Crippen molar-refractivity contribution in [2.45, 2.75) is 45.1 Å². The Kier molecular flexibility index (Phi) is 6.64. The Morgan fingerprint density at radius 3 is 2.66 bits per heavy atom. The Bertz CT molecular complexity index is 817. The number of nitrogens with zero attached hydrogens (tertiary/aromatic N) is 4. The van der Waals surface area contributed by atoms with Crippen molar-refractivity contribution in [2.75, 3.05) is 29.9 Å². The first kappa shape index (κ1) is 20.1. The molecule has 2 fully saturated rings. The lowest BCUT2D eigenvalue weighted by molar-refractivity contribution is -0.136. The standard InChI is InChI=1S/C22H29N5OS/c1-2-17-15-20(26-21(25-17)19-5-3-4-10-23-19)24-18-8-6-16(7-9-18)22(28)27-11-13-29-14-12-27/h3-5,10,15-16,18H,2,6-9,11-14H2,1H3,(H,24,25,26). The van der Waals surface area contributed by atoms with Gasteiger partial charge in [-0.05, 0) is 44.2 Å². The van der Waals surface area contributed by atoms with Crippen molar-refractivity contribution in [1.29, 1.82) is 0 Å². The van der Waals surface area contributed by atoms with E-state index < -0.39 is 0 Å². The van der Waals surface area contributed by atoms with Crippen molar-refractivity contribution < 1.29 is 4.79 Å². The first-order valence-electron chi connectivity index (χ1n) is 10.7. The Balaban J connectivity index is 1.38. The van der Waals surface area contributed by atoms with Gasteiger partial charge in [-0.2, -0.15) is 11.8 Å². The van der Waals surface area contributed by atoms with Crippen LogP contribution in [0.1, 0.15) is 38.3 Å². The topological polar surface area (TPSA) is 71.0 Å². The SMILES string of the molecule is CCc1cc(NC2CCC(C(=O)N3CCSCC3)CC2)nc(-c2ccccn2)n1. The lowest BCUT2D eigenvalue weighted by Gasteiger charge is -2.34. The molecule has 1 amide bonds. The third-order valence-corrected chi connectivity index (χ3v) is 6.73. The van der Waals surface area contributed by atoms with Gasteiger partial charge >= 0.3 is 0 Å². The molecular weight excluding hydrogens is 382 g/mol. The van der Waals surface area contributed by atoms with Gasteiger partial charge in [0.2, 0.25) is 5.91 Å². The first-order valence-corrected chi connectivity index (χ1v) is 11.8. The maximum atomic E-state index is 12.8. The smallest absolute Gasteiger partial charge is 0.225 e. The molecule has 2 aromatic heterocycles. The van der Waals surface area contributed by atoms with Gasteiger partial charge in [0.25, 0.3) is 0 Å². The van der Waals surface area contributed by atoms with Crippen molar-refractivity contribution >= 4 is 23.5 Å². The molecule has 2 aromatic rings. The summed E-state index contributed by atoms with van der Waals surface area (Å²) in [5.41, 5.74) is 1.80. The second-order valence-corrected chi connectivity index (χ2v) is 8.99. The Morgan fingerprint density at radius 2 is 1.97 bits per heavy atom. The van der Waals surface area contributed by atoms with E-state index in [1.54, 1.807) is 6.20 Å². The summed E-state index contributed by atoms with van der Waals surface area (Å²) >= 11 is 1.95. The quantitative estimate of drug-likeness (QED) is 0.810. The van der Waals surface area contributed by atoms with Crippen LogP contribution in [0.3, 0.4) is 0 Å². The molecule has 7 heteroatoms. The third kappa shape index (κ3) is 5.07. The normalized spacial score (nSPS) is 22.3. The van der Waals surface area contributed by atoms with Crippen LogP contribution < -0.4 is 5.32 Å². The van der Waals surface area contributed by atoms with Crippen molar-refractivity contribution in [3.8, 4) is 11.5 Å². The van der Waals surface area contributed by atoms with Gasteiger partial charge in [0.1, 0.15) is 11.5 Å². The molecule has 1 aliphatic heterocycles. The minimum atomic E-state index is 0.192. The largest absolute Gasteiger partial charge is 0.367 e. The van der Waals surface area contributed by atoms with E-state index >= 15 is 0 Å². The summed E-state index contributed by atoms with van der Waals surface area (Å²) in [5, 5.41) is 3.60. The molecule has 0 spiro atoms. The van der Waals surface area contributed by atoms with Crippen molar-refractivity contribution in [2.24, 2.45) is 5.92 Å². The third-order valence-electron chi connectivity index (χ3n) is 5.79. The van der Waals surface area contributed by atoms with Gasteiger partial charge in [0.15, 0.2) is 5.82 Å². The molecule has 1 aliphatic carbocycles. The van der Waals surface area contributed by atoms with Crippen LogP contribution in [0.25, 0.3) is 11.5 Å². The average molecular weight is 412 g/mol. The first-order chi connectivity index (χ1) is 14.2. The van der Waals surface area contributed by atoms with Gasteiger partial charge in [-0.15, -0.1) is 0 Å². The van der Waals surface area contributed by atoms with E-state index in [9.17, 15) is 4.79 Å². The second kappa shape index (κ2) is 9.57. The number of aryl methyl sites for hydroxylation is 1. The number of carbonyl (C=O) groups excluding carboxylic acids is 1. The molecule has 0 bridgehead atoms. The number of pyridine rings is 1. The number of thioether (sulfide) groups is 1. The van der Waals surface area contributed by atoms with E-state index in [0.29, 0.717) is 17.8 Å². The molecule has 0 unspecified atom stereocenters. The van der Waals surface area contributed by atoms with Crippen LogP contribution in [0.15, 0.2) is 30.5 Å². The highest BCUT2D eigenvalue weighted by atomic mass is 32.2. The van der Waals surface area contributed by atoms with Crippen molar-refractivity contribution in [3.05, 3.63) is 36.2 Å². The molecule has 29 heavy (non-hydrogen) atoms. The maximum absolute atomic E-state index is 12.8. The molecular formula is C22H29N5OS. The second-order valence-electron chi connectivity index (χ2n) is 7.77. The number of hydrogen-bond acceptors (Lipinski definition) is 6. The van der Waals surface area contributed by atoms with E-state index in [1.807, 2.05) is 36.0 Å². The summed E-state index contributed by atoms with van der Waals surface area (Å²) in [6, 6.07) is 8.18. The number of amides is 1. The molecule has 3 heterocycles. The summed E-state index contributed by atoms with van der Waals surface area (Å²) < 4.78 is 0. The molecule has 2 aliphatic rings. The molecule has 0 atom stereocenters. The Morgan fingerprint density at radius 1 is 1.17 bits per heavy atom. The van der Waals surface area contributed by atoms with Crippen LogP contribution in [-0.2, 0) is 11.2 Å². The van der Waals surface area contributed by atoms with E-state index in [0.717, 1.165) is 73.9 Å². The molecule has 6 nitrogen and oxygen atoms in total. The van der Waals surface area contributed by atoms with Gasteiger partial charge in [0.05, 0.1) is 0 Å². The summed E-state index contributed by atoms with van der Waals surface area (Å²) in [6.07, 6.45) is 6.54. The minimum Gasteiger partial charge on any atom is -0.367 e. The van der Waals surface area contributed by atoms with Gasteiger partial charge in [-0.25, -0.2) is 9.97 Å². The van der Waals surface area contributed by atoms with Crippen LogP contribution in [0, 0.1) is 5.92 Å². The van der Waals surface area contributed by atoms with Gasteiger partial charge < -0.3 is 10.2 Å². The number of aromatic nitrogens is 3. The van der Waals surface area contributed by atoms with Crippen LogP contribution in [0.2, 0.25) is 0 Å². The minimum absolute atomic E-state index is 0.192. The fourth-order valence-corrected chi connectivity index (χ4v) is 5.00. The predicted octanol–water partition coefficient (Wildman–Crippen LogP) is 3.65. The Labute approximate surface area is 176 Å². The summed E-state index contributed by atoms with van der Waals surface area (Å²) in [5.74, 6) is 4.25. The zero-order chi connectivity index (χ0) is 20.1. The number of nitrogens with one attached hydrogen (secondary N) is 1. The highest BCUT2D eigenvalue weighted by molar-refractivity contribution is 7.99. The van der Waals surface area contributed by atoms with Crippen molar-refractivity contribution in [3.63, 3.8) is 0 Å². The molecule has 0 aromatic carbocycles. The Hall–Kier alpha value is -2.15. The van der Waals surface area contributed by atoms with E-state index in [1.165, 1.54) is 0 Å². The highest BCUT2D eigenvalue weighted by Crippen LogP contribution is 2.29. The summed E-state index contributed by atoms with van der Waals surface area (Å²) in [7, 11) is 0. The zero-order valence-corrected chi connectivity index (χ0v) is 17.8. The van der Waals surface area contributed by atoms with Gasteiger partial charge in [0, 0.05) is 54.5 Å². The molecule has 154 valence electrons. The molecule has 1 N–H and O–H groups in total. The van der Waals surface area contributed by atoms with E-state index in [2.05, 4.69) is 27.1 Å². The lowest BCUT2D eigenvalue weighted by Crippen LogP contribution is -2.43. The fraction of sp³-hybridized carbons (Fsp3) is 0.545.